The van der Waals surface area contributed by atoms with Gasteiger partial charge in [-0.3, -0.25) is 9.78 Å². The van der Waals surface area contributed by atoms with Crippen LogP contribution < -0.4 is 25.0 Å². The molecule has 4 aromatic rings. The van der Waals surface area contributed by atoms with Gasteiger partial charge in [-0.15, -0.1) is 0 Å². The minimum Gasteiger partial charge on any atom is -0.497 e. The molecular weight excluding hydrogens is 580 g/mol. The van der Waals surface area contributed by atoms with Gasteiger partial charge in [-0.05, 0) is 60.4 Å². The van der Waals surface area contributed by atoms with E-state index in [-0.39, 0.29) is 24.0 Å². The monoisotopic (exact) mass is 624 g/mol. The molecule has 1 fully saturated rings. The largest absolute Gasteiger partial charge is 0.497 e. The van der Waals surface area contributed by atoms with Gasteiger partial charge in [0, 0.05) is 50.6 Å². The molecule has 1 aromatic heterocycles. The average molecular weight is 625 g/mol. The summed E-state index contributed by atoms with van der Waals surface area (Å²) in [5.74, 6) is 1.87. The van der Waals surface area contributed by atoms with Crippen molar-refractivity contribution in [2.24, 2.45) is 0 Å². The molecule has 2 aliphatic heterocycles. The van der Waals surface area contributed by atoms with Crippen molar-refractivity contribution < 1.29 is 23.7 Å². The Kier molecular flexibility index (Phi) is 10.6. The highest BCUT2D eigenvalue weighted by molar-refractivity contribution is 5.79. The lowest BCUT2D eigenvalue weighted by Gasteiger charge is -2.37. The number of ether oxygens (including phenoxy) is 4. The second-order valence-electron chi connectivity index (χ2n) is 12.0. The standard InChI is InChI=1S/C37H44N4O5/c1-43-18-5-16-41-17-19-45-35-15-8-26(20-34(35)41)25-46-36-24-38-30(21-32(36)27-10-13-31(44-2)14-11-27)22-37(42)39-23-29-12-9-28-6-3-4-7-33(28)40-29/h3-4,6-15,20,30,32,36,38H,5,16-19,21-25H2,1-2H3,(H,39,42)/t30-,32+,36-/m0/s1. The maximum absolute atomic E-state index is 13.0. The van der Waals surface area contributed by atoms with Crippen LogP contribution in [0.1, 0.15) is 42.0 Å². The van der Waals surface area contributed by atoms with Crippen LogP contribution in [0.4, 0.5) is 5.69 Å². The molecule has 1 amide bonds. The summed E-state index contributed by atoms with van der Waals surface area (Å²) in [7, 11) is 3.42. The fourth-order valence-corrected chi connectivity index (χ4v) is 6.43. The third-order valence-corrected chi connectivity index (χ3v) is 8.92. The van der Waals surface area contributed by atoms with E-state index in [9.17, 15) is 4.79 Å². The van der Waals surface area contributed by atoms with E-state index in [1.807, 2.05) is 48.5 Å². The Morgan fingerprint density at radius 3 is 2.78 bits per heavy atom. The SMILES string of the molecule is COCCCN1CCOc2ccc(CO[C@H]3CN[C@H](CC(=O)NCc4ccc5ccccc5n4)C[C@@H]3c3ccc(OC)cc3)cc21. The Labute approximate surface area is 271 Å². The van der Waals surface area contributed by atoms with Crippen molar-refractivity contribution in [2.45, 2.75) is 50.5 Å². The summed E-state index contributed by atoms with van der Waals surface area (Å²) in [6, 6.07) is 26.6. The van der Waals surface area contributed by atoms with E-state index in [1.165, 1.54) is 5.56 Å². The summed E-state index contributed by atoms with van der Waals surface area (Å²) in [5, 5.41) is 7.76. The Bertz CT molecular complexity index is 1600. The first kappa shape index (κ1) is 31.8. The molecule has 2 aliphatic rings. The highest BCUT2D eigenvalue weighted by Crippen LogP contribution is 2.35. The predicted molar refractivity (Wildman–Crippen MR) is 180 cm³/mol. The van der Waals surface area contributed by atoms with Crippen LogP contribution in [0, 0.1) is 0 Å². The molecule has 0 radical (unpaired) electrons. The van der Waals surface area contributed by atoms with Gasteiger partial charge in [-0.1, -0.05) is 42.5 Å². The van der Waals surface area contributed by atoms with Crippen LogP contribution in [0.15, 0.2) is 78.9 Å². The molecule has 6 rings (SSSR count). The highest BCUT2D eigenvalue weighted by Gasteiger charge is 2.33. The third kappa shape index (κ3) is 7.96. The number of hydrogen-bond acceptors (Lipinski definition) is 8. The van der Waals surface area contributed by atoms with Crippen molar-refractivity contribution in [2.75, 3.05) is 52.0 Å². The number of benzene rings is 3. The van der Waals surface area contributed by atoms with E-state index in [1.54, 1.807) is 14.2 Å². The molecular formula is C37H44N4O5. The zero-order valence-corrected chi connectivity index (χ0v) is 26.7. The summed E-state index contributed by atoms with van der Waals surface area (Å²) < 4.78 is 23.2. The molecule has 1 saturated heterocycles. The number of fused-ring (bicyclic) bond motifs is 2. The van der Waals surface area contributed by atoms with Crippen molar-refractivity contribution in [1.29, 1.82) is 0 Å². The van der Waals surface area contributed by atoms with Crippen molar-refractivity contribution in [3.05, 3.63) is 95.7 Å². The number of carbonyl (C=O) groups excluding carboxylic acids is 1. The van der Waals surface area contributed by atoms with Gasteiger partial charge in [0.1, 0.15) is 18.1 Å². The van der Waals surface area contributed by atoms with Gasteiger partial charge < -0.3 is 34.5 Å². The number of pyridine rings is 1. The summed E-state index contributed by atoms with van der Waals surface area (Å²) >= 11 is 0. The van der Waals surface area contributed by atoms with E-state index >= 15 is 0 Å². The van der Waals surface area contributed by atoms with Gasteiger partial charge in [-0.2, -0.15) is 0 Å². The summed E-state index contributed by atoms with van der Waals surface area (Å²) in [4.78, 5) is 20.1. The van der Waals surface area contributed by atoms with Crippen molar-refractivity contribution in [1.82, 2.24) is 15.6 Å². The molecule has 3 atom stereocenters. The Balaban J connectivity index is 1.09. The maximum Gasteiger partial charge on any atom is 0.221 e. The lowest BCUT2D eigenvalue weighted by molar-refractivity contribution is -0.122. The number of carbonyl (C=O) groups is 1. The molecule has 9 nitrogen and oxygen atoms in total. The van der Waals surface area contributed by atoms with Gasteiger partial charge in [0.15, 0.2) is 0 Å². The molecule has 242 valence electrons. The highest BCUT2D eigenvalue weighted by atomic mass is 16.5. The number of nitrogens with zero attached hydrogens (tertiary/aromatic N) is 2. The fourth-order valence-electron chi connectivity index (χ4n) is 6.43. The zero-order valence-electron chi connectivity index (χ0n) is 26.7. The van der Waals surface area contributed by atoms with Crippen molar-refractivity contribution >= 4 is 22.5 Å². The van der Waals surface area contributed by atoms with Gasteiger partial charge in [0.25, 0.3) is 0 Å². The molecule has 0 aliphatic carbocycles. The molecule has 46 heavy (non-hydrogen) atoms. The molecule has 3 heterocycles. The van der Waals surface area contributed by atoms with E-state index in [2.05, 4.69) is 50.8 Å². The van der Waals surface area contributed by atoms with Gasteiger partial charge in [-0.25, -0.2) is 0 Å². The Morgan fingerprint density at radius 2 is 1.93 bits per heavy atom. The quantitative estimate of drug-likeness (QED) is 0.196. The summed E-state index contributed by atoms with van der Waals surface area (Å²) in [6.07, 6.45) is 2.08. The van der Waals surface area contributed by atoms with Crippen molar-refractivity contribution in [3.63, 3.8) is 0 Å². The molecule has 3 aromatic carbocycles. The first-order valence-electron chi connectivity index (χ1n) is 16.2. The number of nitrogens with one attached hydrogen (secondary N) is 2. The molecule has 0 unspecified atom stereocenters. The van der Waals surface area contributed by atoms with E-state index in [0.29, 0.717) is 32.7 Å². The number of amides is 1. The minimum absolute atomic E-state index is 0.00615. The Hall–Kier alpha value is -4.18. The van der Waals surface area contributed by atoms with Crippen LogP contribution in [0.5, 0.6) is 11.5 Å². The topological polar surface area (TPSA) is 94.2 Å². The lowest BCUT2D eigenvalue weighted by atomic mass is 9.83. The second kappa shape index (κ2) is 15.4. The Morgan fingerprint density at radius 1 is 1.07 bits per heavy atom. The minimum atomic E-state index is -0.0559. The number of hydrogen-bond donors (Lipinski definition) is 2. The number of piperidine rings is 1. The van der Waals surface area contributed by atoms with Crippen LogP contribution in [0.3, 0.4) is 0 Å². The first-order valence-corrected chi connectivity index (χ1v) is 16.2. The number of anilines is 1. The van der Waals surface area contributed by atoms with E-state index < -0.39 is 0 Å². The number of rotatable bonds is 13. The molecule has 0 spiro atoms. The lowest BCUT2D eigenvalue weighted by Crippen LogP contribution is -2.48. The first-order chi connectivity index (χ1) is 22.6. The van der Waals surface area contributed by atoms with Crippen LogP contribution in [-0.4, -0.2) is 70.1 Å². The molecule has 9 heteroatoms. The molecule has 0 saturated carbocycles. The van der Waals surface area contributed by atoms with Crippen LogP contribution in [0.2, 0.25) is 0 Å². The summed E-state index contributed by atoms with van der Waals surface area (Å²) in [5.41, 5.74) is 5.18. The number of methoxy groups -OCH3 is 2. The molecule has 0 bridgehead atoms. The van der Waals surface area contributed by atoms with Gasteiger partial charge in [0.05, 0.1) is 49.8 Å². The fraction of sp³-hybridized carbons (Fsp3) is 0.405. The second-order valence-corrected chi connectivity index (χ2v) is 12.0. The normalized spacial score (nSPS) is 19.3. The van der Waals surface area contributed by atoms with Crippen molar-refractivity contribution in [3.8, 4) is 11.5 Å². The predicted octanol–water partition coefficient (Wildman–Crippen LogP) is 5.22. The zero-order chi connectivity index (χ0) is 31.7. The van der Waals surface area contributed by atoms with Gasteiger partial charge in [0.2, 0.25) is 5.91 Å². The maximum atomic E-state index is 13.0. The number of aromatic nitrogens is 1. The van der Waals surface area contributed by atoms with Gasteiger partial charge >= 0.3 is 0 Å². The van der Waals surface area contributed by atoms with Crippen LogP contribution >= 0.6 is 0 Å². The smallest absolute Gasteiger partial charge is 0.221 e. The number of para-hydroxylation sites is 1. The summed E-state index contributed by atoms with van der Waals surface area (Å²) in [6.45, 7) is 4.75. The average Bonchev–Trinajstić information content (AvgIpc) is 3.10. The van der Waals surface area contributed by atoms with Crippen LogP contribution in [0.25, 0.3) is 10.9 Å². The third-order valence-electron chi connectivity index (χ3n) is 8.92. The van der Waals surface area contributed by atoms with E-state index in [0.717, 1.165) is 71.9 Å². The van der Waals surface area contributed by atoms with E-state index in [4.69, 9.17) is 18.9 Å². The molecule has 2 N–H and O–H groups in total. The van der Waals surface area contributed by atoms with Crippen LogP contribution in [-0.2, 0) is 27.4 Å².